The Kier molecular flexibility index (Phi) is 3.75. The van der Waals surface area contributed by atoms with Gasteiger partial charge in [0.1, 0.15) is 0 Å². The van der Waals surface area contributed by atoms with E-state index in [0.717, 1.165) is 12.8 Å². The van der Waals surface area contributed by atoms with Crippen LogP contribution in [0.25, 0.3) is 0 Å². The van der Waals surface area contributed by atoms with Gasteiger partial charge in [-0.1, -0.05) is 26.0 Å². The van der Waals surface area contributed by atoms with Crippen molar-refractivity contribution < 1.29 is 9.53 Å². The Morgan fingerprint density at radius 1 is 1.41 bits per heavy atom. The van der Waals surface area contributed by atoms with E-state index < -0.39 is 0 Å². The normalized spacial score (nSPS) is 31.1. The molecule has 2 heterocycles. The zero-order valence-electron chi connectivity index (χ0n) is 11.1. The molecule has 17 heavy (non-hydrogen) atoms. The minimum Gasteiger partial charge on any atom is -0.450 e. The van der Waals surface area contributed by atoms with Gasteiger partial charge in [0.05, 0.1) is 12.6 Å². The largest absolute Gasteiger partial charge is 0.450 e. The van der Waals surface area contributed by atoms with Gasteiger partial charge in [-0.05, 0) is 38.0 Å². The molecule has 96 valence electrons. The van der Waals surface area contributed by atoms with Gasteiger partial charge < -0.3 is 4.74 Å². The van der Waals surface area contributed by atoms with Gasteiger partial charge in [0.15, 0.2) is 0 Å². The summed E-state index contributed by atoms with van der Waals surface area (Å²) in [6.07, 6.45) is 7.74. The van der Waals surface area contributed by atoms with E-state index >= 15 is 0 Å². The van der Waals surface area contributed by atoms with Crippen LogP contribution in [-0.4, -0.2) is 29.7 Å². The minimum absolute atomic E-state index is 0.128. The fraction of sp³-hybridized carbons (Fsp3) is 0.786. The second-order valence-corrected chi connectivity index (χ2v) is 5.50. The number of ether oxygens (including phenoxy) is 1. The molecule has 0 radical (unpaired) electrons. The SMILES string of the molecule is CCOC(=O)N1[C@H]2C=C[C@H](CC2)[C@@H]1CC(C)C. The molecule has 3 heteroatoms. The fourth-order valence-electron chi connectivity index (χ4n) is 3.07. The molecule has 3 atom stereocenters. The van der Waals surface area contributed by atoms with E-state index in [1.165, 1.54) is 6.42 Å². The van der Waals surface area contributed by atoms with E-state index in [4.69, 9.17) is 4.74 Å². The van der Waals surface area contributed by atoms with Gasteiger partial charge in [-0.25, -0.2) is 4.79 Å². The van der Waals surface area contributed by atoms with Crippen LogP contribution >= 0.6 is 0 Å². The van der Waals surface area contributed by atoms with Crippen LogP contribution < -0.4 is 0 Å². The predicted octanol–water partition coefficient (Wildman–Crippen LogP) is 3.21. The lowest BCUT2D eigenvalue weighted by molar-refractivity contribution is 0.0321. The monoisotopic (exact) mass is 237 g/mol. The molecule has 3 aliphatic rings. The summed E-state index contributed by atoms with van der Waals surface area (Å²) < 4.78 is 5.20. The number of nitrogens with zero attached hydrogens (tertiary/aromatic N) is 1. The lowest BCUT2D eigenvalue weighted by Crippen LogP contribution is -2.55. The molecule has 3 rings (SSSR count). The minimum atomic E-state index is -0.128. The summed E-state index contributed by atoms with van der Waals surface area (Å²) in [5.74, 6) is 1.15. The van der Waals surface area contributed by atoms with Crippen molar-refractivity contribution in [1.29, 1.82) is 0 Å². The maximum atomic E-state index is 12.0. The van der Waals surface area contributed by atoms with E-state index in [1.807, 2.05) is 11.8 Å². The van der Waals surface area contributed by atoms with Crippen molar-refractivity contribution in [3.8, 4) is 0 Å². The van der Waals surface area contributed by atoms with Gasteiger partial charge in [-0.2, -0.15) is 0 Å². The van der Waals surface area contributed by atoms with Crippen LogP contribution in [0.15, 0.2) is 12.2 Å². The first kappa shape index (κ1) is 12.5. The predicted molar refractivity (Wildman–Crippen MR) is 67.8 cm³/mol. The van der Waals surface area contributed by atoms with E-state index in [9.17, 15) is 4.79 Å². The van der Waals surface area contributed by atoms with E-state index in [2.05, 4.69) is 26.0 Å². The molecule has 2 aliphatic heterocycles. The van der Waals surface area contributed by atoms with Crippen LogP contribution in [-0.2, 0) is 4.74 Å². The molecule has 0 aromatic rings. The molecule has 0 N–H and O–H groups in total. The highest BCUT2D eigenvalue weighted by molar-refractivity contribution is 5.69. The lowest BCUT2D eigenvalue weighted by atomic mass is 9.77. The molecule has 0 saturated carbocycles. The summed E-state index contributed by atoms with van der Waals surface area (Å²) in [6.45, 7) is 6.77. The van der Waals surface area contributed by atoms with Crippen molar-refractivity contribution in [2.45, 2.75) is 52.1 Å². The molecule has 0 aromatic heterocycles. The number of hydrogen-bond donors (Lipinski definition) is 0. The first-order chi connectivity index (χ1) is 8.13. The molecule has 0 aromatic carbocycles. The van der Waals surface area contributed by atoms with Gasteiger partial charge in [-0.3, -0.25) is 4.90 Å². The van der Waals surface area contributed by atoms with E-state index in [0.29, 0.717) is 24.5 Å². The number of amides is 1. The number of fused-ring (bicyclic) bond motifs is 2. The number of carbonyl (C=O) groups is 1. The van der Waals surface area contributed by atoms with Gasteiger partial charge in [0.25, 0.3) is 0 Å². The summed E-state index contributed by atoms with van der Waals surface area (Å²) in [5.41, 5.74) is 0. The topological polar surface area (TPSA) is 29.5 Å². The second kappa shape index (κ2) is 5.11. The maximum absolute atomic E-state index is 12.0. The molecule has 0 unspecified atom stereocenters. The molecule has 1 fully saturated rings. The average molecular weight is 237 g/mol. The third-order valence-electron chi connectivity index (χ3n) is 3.78. The lowest BCUT2D eigenvalue weighted by Gasteiger charge is -2.48. The summed E-state index contributed by atoms with van der Waals surface area (Å²) in [4.78, 5) is 14.0. The van der Waals surface area contributed by atoms with Crippen LogP contribution in [0.1, 0.15) is 40.0 Å². The Morgan fingerprint density at radius 3 is 2.71 bits per heavy atom. The van der Waals surface area contributed by atoms with Gasteiger partial charge in [-0.15, -0.1) is 0 Å². The Balaban J connectivity index is 2.14. The molecular formula is C14H23NO2. The number of carbonyl (C=O) groups excluding carboxylic acids is 1. The molecule has 2 bridgehead atoms. The highest BCUT2D eigenvalue weighted by Gasteiger charge is 2.41. The summed E-state index contributed by atoms with van der Waals surface area (Å²) in [5, 5.41) is 0. The Morgan fingerprint density at radius 2 is 2.18 bits per heavy atom. The standard InChI is InChI=1S/C14H23NO2/c1-4-17-14(16)15-12-7-5-11(6-8-12)13(15)9-10(2)3/h5,7,10-13H,4,6,8-9H2,1-3H3/t11-,12+,13+/m1/s1. The molecule has 1 aliphatic carbocycles. The Bertz CT molecular complexity index is 311. The quantitative estimate of drug-likeness (QED) is 0.705. The third-order valence-corrected chi connectivity index (χ3v) is 3.78. The fourth-order valence-corrected chi connectivity index (χ4v) is 3.07. The molecule has 1 saturated heterocycles. The Hall–Kier alpha value is -0.990. The second-order valence-electron chi connectivity index (χ2n) is 5.50. The van der Waals surface area contributed by atoms with E-state index in [-0.39, 0.29) is 12.1 Å². The van der Waals surface area contributed by atoms with Crippen LogP contribution in [0.3, 0.4) is 0 Å². The average Bonchev–Trinajstić information content (AvgIpc) is 2.29. The maximum Gasteiger partial charge on any atom is 0.410 e. The van der Waals surface area contributed by atoms with Crippen molar-refractivity contribution in [2.75, 3.05) is 6.61 Å². The molecule has 0 spiro atoms. The van der Waals surface area contributed by atoms with Crippen molar-refractivity contribution in [2.24, 2.45) is 11.8 Å². The first-order valence-electron chi connectivity index (χ1n) is 6.77. The molecule has 1 amide bonds. The van der Waals surface area contributed by atoms with Crippen LogP contribution in [0.4, 0.5) is 4.79 Å². The van der Waals surface area contributed by atoms with Crippen molar-refractivity contribution in [3.63, 3.8) is 0 Å². The van der Waals surface area contributed by atoms with Gasteiger partial charge in [0, 0.05) is 6.04 Å². The summed E-state index contributed by atoms with van der Waals surface area (Å²) in [7, 11) is 0. The van der Waals surface area contributed by atoms with Crippen LogP contribution in [0, 0.1) is 11.8 Å². The van der Waals surface area contributed by atoms with E-state index in [1.54, 1.807) is 0 Å². The number of rotatable bonds is 3. The van der Waals surface area contributed by atoms with Crippen LogP contribution in [0.5, 0.6) is 0 Å². The summed E-state index contributed by atoms with van der Waals surface area (Å²) >= 11 is 0. The smallest absolute Gasteiger partial charge is 0.410 e. The zero-order chi connectivity index (χ0) is 12.4. The zero-order valence-corrected chi connectivity index (χ0v) is 11.1. The van der Waals surface area contributed by atoms with Crippen molar-refractivity contribution >= 4 is 6.09 Å². The third kappa shape index (κ3) is 2.48. The number of hydrogen-bond acceptors (Lipinski definition) is 2. The summed E-state index contributed by atoms with van der Waals surface area (Å²) in [6, 6.07) is 0.612. The van der Waals surface area contributed by atoms with Crippen LogP contribution in [0.2, 0.25) is 0 Å². The Labute approximate surface area is 104 Å². The first-order valence-corrected chi connectivity index (χ1v) is 6.77. The van der Waals surface area contributed by atoms with Gasteiger partial charge in [0.2, 0.25) is 0 Å². The number of piperidine rings is 1. The highest BCUT2D eigenvalue weighted by atomic mass is 16.6. The highest BCUT2D eigenvalue weighted by Crippen LogP contribution is 2.37. The van der Waals surface area contributed by atoms with Crippen molar-refractivity contribution in [1.82, 2.24) is 4.90 Å². The molecule has 3 nitrogen and oxygen atoms in total. The van der Waals surface area contributed by atoms with Gasteiger partial charge >= 0.3 is 6.09 Å². The van der Waals surface area contributed by atoms with Crippen molar-refractivity contribution in [3.05, 3.63) is 12.2 Å². The molecular weight excluding hydrogens is 214 g/mol.